The smallest absolute Gasteiger partial charge is 0.150 e. The molecule has 0 spiro atoms. The Balaban J connectivity index is 2.50. The van der Waals surface area contributed by atoms with Crippen molar-refractivity contribution in [3.05, 3.63) is 29.8 Å². The summed E-state index contributed by atoms with van der Waals surface area (Å²) in [6, 6.07) is 6.93. The molecule has 1 N–H and O–H groups in total. The number of hydrogen-bond acceptors (Lipinski definition) is 4. The molecule has 0 aromatic heterocycles. The highest BCUT2D eigenvalue weighted by atomic mass is 32.2. The van der Waals surface area contributed by atoms with Crippen molar-refractivity contribution in [2.75, 3.05) is 18.6 Å². The van der Waals surface area contributed by atoms with Gasteiger partial charge >= 0.3 is 0 Å². The largest absolute Gasteiger partial charge is 0.493 e. The highest BCUT2D eigenvalue weighted by molar-refractivity contribution is 7.90. The molecule has 0 aliphatic carbocycles. The topological polar surface area (TPSA) is 63.6 Å². The molecule has 0 amide bonds. The van der Waals surface area contributed by atoms with Gasteiger partial charge in [0.2, 0.25) is 0 Å². The van der Waals surface area contributed by atoms with Crippen LogP contribution in [0.25, 0.3) is 0 Å². The van der Waals surface area contributed by atoms with Crippen LogP contribution >= 0.6 is 0 Å². The molecule has 0 fully saturated rings. The molecule has 0 radical (unpaired) electrons. The summed E-state index contributed by atoms with van der Waals surface area (Å²) < 4.78 is 27.0. The number of rotatable bonds is 5. The zero-order valence-corrected chi connectivity index (χ0v) is 10.2. The molecular weight excluding hydrogens is 228 g/mol. The molecule has 1 rings (SSSR count). The van der Waals surface area contributed by atoms with E-state index in [1.54, 1.807) is 31.2 Å². The Morgan fingerprint density at radius 2 is 1.88 bits per heavy atom. The third-order valence-electron chi connectivity index (χ3n) is 2.09. The maximum atomic E-state index is 10.9. The highest BCUT2D eigenvalue weighted by Gasteiger charge is 2.03. The molecule has 1 atom stereocenters. The summed E-state index contributed by atoms with van der Waals surface area (Å²) in [6.45, 7) is 1.83. The van der Waals surface area contributed by atoms with Gasteiger partial charge in [-0.1, -0.05) is 12.1 Å². The second-order valence-electron chi connectivity index (χ2n) is 3.72. The van der Waals surface area contributed by atoms with Crippen molar-refractivity contribution in [3.8, 4) is 5.75 Å². The summed E-state index contributed by atoms with van der Waals surface area (Å²) in [4.78, 5) is 0. The predicted octanol–water partition coefficient (Wildman–Crippen LogP) is 1.16. The SMILES string of the molecule is C[C@@H](O)c1ccc(OCCS(C)(=O)=O)cc1. The number of benzene rings is 1. The van der Waals surface area contributed by atoms with Gasteiger partial charge in [-0.25, -0.2) is 8.42 Å². The van der Waals surface area contributed by atoms with E-state index in [0.29, 0.717) is 5.75 Å². The Bertz CT molecular complexity index is 420. The Labute approximate surface area is 95.8 Å². The van der Waals surface area contributed by atoms with Crippen LogP contribution in [0.15, 0.2) is 24.3 Å². The molecule has 0 bridgehead atoms. The Morgan fingerprint density at radius 3 is 2.31 bits per heavy atom. The van der Waals surface area contributed by atoms with Crippen LogP contribution in [0.2, 0.25) is 0 Å². The maximum Gasteiger partial charge on any atom is 0.150 e. The van der Waals surface area contributed by atoms with E-state index in [1.165, 1.54) is 6.26 Å². The van der Waals surface area contributed by atoms with E-state index in [2.05, 4.69) is 0 Å². The third kappa shape index (κ3) is 4.63. The lowest BCUT2D eigenvalue weighted by Crippen LogP contribution is -2.12. The van der Waals surface area contributed by atoms with Crippen LogP contribution < -0.4 is 4.74 Å². The number of aliphatic hydroxyl groups excluding tert-OH is 1. The summed E-state index contributed by atoms with van der Waals surface area (Å²) in [7, 11) is -2.98. The van der Waals surface area contributed by atoms with Crippen LogP contribution in [0, 0.1) is 0 Å². The number of hydrogen-bond donors (Lipinski definition) is 1. The first-order chi connectivity index (χ1) is 7.38. The average molecular weight is 244 g/mol. The van der Waals surface area contributed by atoms with Gasteiger partial charge in [-0.05, 0) is 24.6 Å². The number of aliphatic hydroxyl groups is 1. The summed E-state index contributed by atoms with van der Waals surface area (Å²) in [5, 5.41) is 9.28. The molecule has 4 nitrogen and oxygen atoms in total. The molecule has 0 saturated carbocycles. The van der Waals surface area contributed by atoms with E-state index in [1.807, 2.05) is 0 Å². The molecule has 16 heavy (non-hydrogen) atoms. The van der Waals surface area contributed by atoms with Gasteiger partial charge in [0, 0.05) is 6.26 Å². The number of ether oxygens (including phenoxy) is 1. The van der Waals surface area contributed by atoms with Crippen LogP contribution in [0.3, 0.4) is 0 Å². The lowest BCUT2D eigenvalue weighted by molar-refractivity contribution is 0.199. The van der Waals surface area contributed by atoms with Gasteiger partial charge < -0.3 is 9.84 Å². The van der Waals surface area contributed by atoms with E-state index >= 15 is 0 Å². The van der Waals surface area contributed by atoms with Crippen molar-refractivity contribution in [1.29, 1.82) is 0 Å². The lowest BCUT2D eigenvalue weighted by atomic mass is 10.1. The Morgan fingerprint density at radius 1 is 1.31 bits per heavy atom. The quantitative estimate of drug-likeness (QED) is 0.844. The van der Waals surface area contributed by atoms with E-state index in [4.69, 9.17) is 4.74 Å². The average Bonchev–Trinajstić information content (AvgIpc) is 2.16. The van der Waals surface area contributed by atoms with Crippen molar-refractivity contribution in [1.82, 2.24) is 0 Å². The summed E-state index contributed by atoms with van der Waals surface area (Å²) in [5.74, 6) is 0.610. The summed E-state index contributed by atoms with van der Waals surface area (Å²) in [5.41, 5.74) is 0.801. The van der Waals surface area contributed by atoms with E-state index in [0.717, 1.165) is 5.56 Å². The lowest BCUT2D eigenvalue weighted by Gasteiger charge is -2.07. The van der Waals surface area contributed by atoms with Gasteiger partial charge in [0.15, 0.2) is 9.84 Å². The predicted molar refractivity (Wildman–Crippen MR) is 62.3 cm³/mol. The molecular formula is C11H16O4S. The van der Waals surface area contributed by atoms with Crippen LogP contribution in [0.4, 0.5) is 0 Å². The zero-order valence-electron chi connectivity index (χ0n) is 9.38. The molecule has 1 aromatic carbocycles. The van der Waals surface area contributed by atoms with Crippen LogP contribution in [0.1, 0.15) is 18.6 Å². The fourth-order valence-electron chi connectivity index (χ4n) is 1.15. The molecule has 0 heterocycles. The summed E-state index contributed by atoms with van der Waals surface area (Å²) >= 11 is 0. The van der Waals surface area contributed by atoms with E-state index in [-0.39, 0.29) is 12.4 Å². The van der Waals surface area contributed by atoms with Crippen molar-refractivity contribution < 1.29 is 18.3 Å². The fraction of sp³-hybridized carbons (Fsp3) is 0.455. The molecule has 0 saturated heterocycles. The fourth-order valence-corrected chi connectivity index (χ4v) is 1.54. The summed E-state index contributed by atoms with van der Waals surface area (Å²) in [6.07, 6.45) is 0.664. The normalized spacial score (nSPS) is 13.4. The second-order valence-corrected chi connectivity index (χ2v) is 5.98. The molecule has 90 valence electrons. The Hall–Kier alpha value is -1.07. The monoisotopic (exact) mass is 244 g/mol. The Kier molecular flexibility index (Phi) is 4.32. The van der Waals surface area contributed by atoms with Gasteiger partial charge in [0.1, 0.15) is 12.4 Å². The molecule has 0 aliphatic heterocycles. The van der Waals surface area contributed by atoms with Crippen molar-refractivity contribution in [3.63, 3.8) is 0 Å². The first kappa shape index (κ1) is 13.0. The molecule has 0 aliphatic rings. The molecule has 1 aromatic rings. The van der Waals surface area contributed by atoms with Gasteiger partial charge in [-0.15, -0.1) is 0 Å². The molecule has 5 heteroatoms. The second kappa shape index (κ2) is 5.32. The minimum Gasteiger partial charge on any atom is -0.493 e. The van der Waals surface area contributed by atoms with E-state index < -0.39 is 15.9 Å². The van der Waals surface area contributed by atoms with Gasteiger partial charge in [-0.3, -0.25) is 0 Å². The minimum atomic E-state index is -2.98. The number of sulfone groups is 1. The van der Waals surface area contributed by atoms with Crippen LogP contribution in [-0.4, -0.2) is 32.1 Å². The highest BCUT2D eigenvalue weighted by Crippen LogP contribution is 2.17. The van der Waals surface area contributed by atoms with Gasteiger partial charge in [0.05, 0.1) is 11.9 Å². The standard InChI is InChI=1S/C11H16O4S/c1-9(12)10-3-5-11(6-4-10)15-7-8-16(2,13)14/h3-6,9,12H,7-8H2,1-2H3/t9-/m1/s1. The van der Waals surface area contributed by atoms with E-state index in [9.17, 15) is 13.5 Å². The van der Waals surface area contributed by atoms with Gasteiger partial charge in [0.25, 0.3) is 0 Å². The van der Waals surface area contributed by atoms with Crippen molar-refractivity contribution >= 4 is 9.84 Å². The third-order valence-corrected chi connectivity index (χ3v) is 2.99. The zero-order chi connectivity index (χ0) is 12.2. The molecule has 0 unspecified atom stereocenters. The van der Waals surface area contributed by atoms with Crippen molar-refractivity contribution in [2.24, 2.45) is 0 Å². The van der Waals surface area contributed by atoms with Crippen molar-refractivity contribution in [2.45, 2.75) is 13.0 Å². The van der Waals surface area contributed by atoms with Crippen LogP contribution in [-0.2, 0) is 9.84 Å². The first-order valence-corrected chi connectivity index (χ1v) is 7.03. The minimum absolute atomic E-state index is 0.00511. The van der Waals surface area contributed by atoms with Gasteiger partial charge in [-0.2, -0.15) is 0 Å². The maximum absolute atomic E-state index is 10.9. The van der Waals surface area contributed by atoms with Crippen LogP contribution in [0.5, 0.6) is 5.75 Å². The first-order valence-electron chi connectivity index (χ1n) is 4.97.